The molecule has 0 spiro atoms. The quantitative estimate of drug-likeness (QED) is 0.853. The van der Waals surface area contributed by atoms with E-state index >= 15 is 0 Å². The number of benzene rings is 1. The Kier molecular flexibility index (Phi) is 6.18. The van der Waals surface area contributed by atoms with Crippen molar-refractivity contribution in [3.63, 3.8) is 0 Å². The van der Waals surface area contributed by atoms with Crippen LogP contribution in [0.4, 0.5) is 4.79 Å². The van der Waals surface area contributed by atoms with E-state index in [1.165, 1.54) is 12.8 Å². The van der Waals surface area contributed by atoms with E-state index in [1.54, 1.807) is 0 Å². The van der Waals surface area contributed by atoms with Crippen molar-refractivity contribution in [1.82, 2.24) is 10.2 Å². The molecule has 1 aliphatic rings. The van der Waals surface area contributed by atoms with E-state index in [9.17, 15) is 4.79 Å². The molecule has 5 heteroatoms. The molecule has 2 rings (SSSR count). The molecule has 0 atom stereocenters. The van der Waals surface area contributed by atoms with Crippen LogP contribution in [0.1, 0.15) is 25.7 Å². The molecule has 0 aliphatic carbocycles. The molecule has 0 radical (unpaired) electrons. The van der Waals surface area contributed by atoms with E-state index in [-0.39, 0.29) is 6.03 Å². The number of hydrogen-bond acceptors (Lipinski definition) is 2. The predicted molar refractivity (Wildman–Crippen MR) is 83.1 cm³/mol. The Morgan fingerprint density at radius 3 is 2.60 bits per heavy atom. The third kappa shape index (κ3) is 4.71. The number of nitrogens with one attached hydrogen (secondary N) is 1. The molecule has 0 unspecified atom stereocenters. The summed E-state index contributed by atoms with van der Waals surface area (Å²) in [5, 5.41) is 2.92. The van der Waals surface area contributed by atoms with Gasteiger partial charge in [-0.1, -0.05) is 25.0 Å². The summed E-state index contributed by atoms with van der Waals surface area (Å²) < 4.78 is 6.55. The molecular weight excluding hydrogens is 320 g/mol. The molecule has 0 aromatic heterocycles. The van der Waals surface area contributed by atoms with Gasteiger partial charge in [0, 0.05) is 13.1 Å². The number of hydrogen-bond donors (Lipinski definition) is 1. The van der Waals surface area contributed by atoms with Gasteiger partial charge in [0.05, 0.1) is 11.0 Å². The second kappa shape index (κ2) is 8.15. The fourth-order valence-electron chi connectivity index (χ4n) is 2.27. The molecule has 1 heterocycles. The van der Waals surface area contributed by atoms with Gasteiger partial charge in [0.15, 0.2) is 0 Å². The standard InChI is InChI=1S/C15H21BrN2O2/c16-13-7-3-4-8-14(13)20-12-9-17-15(19)18-10-5-1-2-6-11-18/h3-4,7-8H,1-2,5-6,9-12H2,(H,17,19). The summed E-state index contributed by atoms with van der Waals surface area (Å²) in [5.41, 5.74) is 0. The van der Waals surface area contributed by atoms with Gasteiger partial charge >= 0.3 is 6.03 Å². The molecule has 0 saturated carbocycles. The van der Waals surface area contributed by atoms with Gasteiger partial charge in [-0.3, -0.25) is 0 Å². The smallest absolute Gasteiger partial charge is 0.317 e. The number of nitrogens with zero attached hydrogens (tertiary/aromatic N) is 1. The van der Waals surface area contributed by atoms with Gasteiger partial charge in [0.25, 0.3) is 0 Å². The van der Waals surface area contributed by atoms with Crippen molar-refractivity contribution >= 4 is 22.0 Å². The lowest BCUT2D eigenvalue weighted by molar-refractivity contribution is 0.196. The number of urea groups is 1. The highest BCUT2D eigenvalue weighted by molar-refractivity contribution is 9.10. The second-order valence-corrected chi connectivity index (χ2v) is 5.77. The SMILES string of the molecule is O=C(NCCOc1ccccc1Br)N1CCCCCC1. The normalized spacial score (nSPS) is 15.6. The second-order valence-electron chi connectivity index (χ2n) is 4.91. The summed E-state index contributed by atoms with van der Waals surface area (Å²) in [4.78, 5) is 13.9. The van der Waals surface area contributed by atoms with Crippen molar-refractivity contribution in [2.24, 2.45) is 0 Å². The highest BCUT2D eigenvalue weighted by atomic mass is 79.9. The lowest BCUT2D eigenvalue weighted by atomic mass is 10.2. The first-order valence-corrected chi connectivity index (χ1v) is 7.97. The summed E-state index contributed by atoms with van der Waals surface area (Å²) in [6.07, 6.45) is 4.69. The maximum Gasteiger partial charge on any atom is 0.317 e. The van der Waals surface area contributed by atoms with E-state index in [1.807, 2.05) is 29.2 Å². The maximum atomic E-state index is 12.0. The number of para-hydroxylation sites is 1. The van der Waals surface area contributed by atoms with Gasteiger partial charge in [-0.25, -0.2) is 4.79 Å². The zero-order valence-corrected chi connectivity index (χ0v) is 13.2. The maximum absolute atomic E-state index is 12.0. The number of carbonyl (C=O) groups is 1. The average molecular weight is 341 g/mol. The number of likely N-dealkylation sites (tertiary alicyclic amines) is 1. The number of amides is 2. The molecule has 2 amide bonds. The van der Waals surface area contributed by atoms with E-state index in [4.69, 9.17) is 4.74 Å². The van der Waals surface area contributed by atoms with Crippen LogP contribution in [0.5, 0.6) is 5.75 Å². The predicted octanol–water partition coefficient (Wildman–Crippen LogP) is 3.41. The van der Waals surface area contributed by atoms with Crippen LogP contribution in [0.15, 0.2) is 28.7 Å². The Bertz CT molecular complexity index is 432. The van der Waals surface area contributed by atoms with E-state index < -0.39 is 0 Å². The zero-order valence-electron chi connectivity index (χ0n) is 11.6. The first kappa shape index (κ1) is 15.2. The molecule has 1 N–H and O–H groups in total. The van der Waals surface area contributed by atoms with Crippen molar-refractivity contribution < 1.29 is 9.53 Å². The van der Waals surface area contributed by atoms with Crippen LogP contribution in [0.2, 0.25) is 0 Å². The fraction of sp³-hybridized carbons (Fsp3) is 0.533. The summed E-state index contributed by atoms with van der Waals surface area (Å²) in [5.74, 6) is 0.802. The topological polar surface area (TPSA) is 41.6 Å². The molecular formula is C15H21BrN2O2. The summed E-state index contributed by atoms with van der Waals surface area (Å²) in [7, 11) is 0. The van der Waals surface area contributed by atoms with Crippen molar-refractivity contribution in [1.29, 1.82) is 0 Å². The lowest BCUT2D eigenvalue weighted by Crippen LogP contribution is -2.41. The van der Waals surface area contributed by atoms with Crippen molar-refractivity contribution in [2.45, 2.75) is 25.7 Å². The summed E-state index contributed by atoms with van der Waals surface area (Å²) >= 11 is 3.43. The molecule has 1 fully saturated rings. The Morgan fingerprint density at radius 1 is 1.20 bits per heavy atom. The van der Waals surface area contributed by atoms with Gasteiger partial charge in [0.2, 0.25) is 0 Å². The highest BCUT2D eigenvalue weighted by Gasteiger charge is 2.14. The lowest BCUT2D eigenvalue weighted by Gasteiger charge is -2.20. The third-order valence-electron chi connectivity index (χ3n) is 3.37. The van der Waals surface area contributed by atoms with Crippen LogP contribution in [-0.4, -0.2) is 37.2 Å². The van der Waals surface area contributed by atoms with Crippen LogP contribution in [0.3, 0.4) is 0 Å². The highest BCUT2D eigenvalue weighted by Crippen LogP contribution is 2.23. The minimum Gasteiger partial charge on any atom is -0.491 e. The Balaban J connectivity index is 1.67. The van der Waals surface area contributed by atoms with Gasteiger partial charge in [0.1, 0.15) is 12.4 Å². The van der Waals surface area contributed by atoms with E-state index in [0.29, 0.717) is 13.2 Å². The molecule has 4 nitrogen and oxygen atoms in total. The van der Waals surface area contributed by atoms with Crippen molar-refractivity contribution in [3.05, 3.63) is 28.7 Å². The monoisotopic (exact) mass is 340 g/mol. The summed E-state index contributed by atoms with van der Waals surface area (Å²) in [6, 6.07) is 7.74. The molecule has 0 bridgehead atoms. The first-order chi connectivity index (χ1) is 9.77. The first-order valence-electron chi connectivity index (χ1n) is 7.17. The Hall–Kier alpha value is -1.23. The van der Waals surface area contributed by atoms with Gasteiger partial charge in [-0.05, 0) is 40.9 Å². The zero-order chi connectivity index (χ0) is 14.2. The minimum atomic E-state index is 0.0302. The molecule has 20 heavy (non-hydrogen) atoms. The van der Waals surface area contributed by atoms with Crippen molar-refractivity contribution in [2.75, 3.05) is 26.2 Å². The molecule has 1 saturated heterocycles. The molecule has 1 aromatic rings. The summed E-state index contributed by atoms with van der Waals surface area (Å²) in [6.45, 7) is 2.74. The number of halogens is 1. The minimum absolute atomic E-state index is 0.0302. The molecule has 110 valence electrons. The number of rotatable bonds is 4. The number of ether oxygens (including phenoxy) is 1. The van der Waals surface area contributed by atoms with Gasteiger partial charge < -0.3 is 15.0 Å². The molecule has 1 aromatic carbocycles. The van der Waals surface area contributed by atoms with Crippen LogP contribution >= 0.6 is 15.9 Å². The third-order valence-corrected chi connectivity index (χ3v) is 4.02. The molecule has 1 aliphatic heterocycles. The average Bonchev–Trinajstić information content (AvgIpc) is 2.74. The van der Waals surface area contributed by atoms with E-state index in [0.717, 1.165) is 36.2 Å². The van der Waals surface area contributed by atoms with Crippen LogP contribution in [-0.2, 0) is 0 Å². The Labute approximate surface area is 128 Å². The fourth-order valence-corrected chi connectivity index (χ4v) is 2.67. The largest absolute Gasteiger partial charge is 0.491 e. The van der Waals surface area contributed by atoms with Gasteiger partial charge in [-0.2, -0.15) is 0 Å². The van der Waals surface area contributed by atoms with Crippen LogP contribution in [0.25, 0.3) is 0 Å². The van der Waals surface area contributed by atoms with Crippen LogP contribution in [0, 0.1) is 0 Å². The number of carbonyl (C=O) groups excluding carboxylic acids is 1. The van der Waals surface area contributed by atoms with Gasteiger partial charge in [-0.15, -0.1) is 0 Å². The Morgan fingerprint density at radius 2 is 1.90 bits per heavy atom. The van der Waals surface area contributed by atoms with Crippen molar-refractivity contribution in [3.8, 4) is 5.75 Å². The van der Waals surface area contributed by atoms with E-state index in [2.05, 4.69) is 21.2 Å². The van der Waals surface area contributed by atoms with Crippen LogP contribution < -0.4 is 10.1 Å².